The van der Waals surface area contributed by atoms with Crippen molar-refractivity contribution < 1.29 is 18.3 Å². The van der Waals surface area contributed by atoms with Crippen molar-refractivity contribution in [3.63, 3.8) is 0 Å². The van der Waals surface area contributed by atoms with Crippen molar-refractivity contribution >= 4 is 11.6 Å². The van der Waals surface area contributed by atoms with Crippen LogP contribution in [0.15, 0.2) is 23.2 Å². The molecule has 2 saturated heterocycles. The van der Waals surface area contributed by atoms with E-state index in [1.165, 1.54) is 12.1 Å². The molecule has 3 rings (SSSR count). The fourth-order valence-corrected chi connectivity index (χ4v) is 4.17. The third-order valence-corrected chi connectivity index (χ3v) is 5.90. The number of likely N-dealkylation sites (tertiary alicyclic amines) is 1. The minimum absolute atomic E-state index is 0.315. The molecule has 2 heterocycles. The topological polar surface area (TPSA) is 49.3 Å². The van der Waals surface area contributed by atoms with Gasteiger partial charge in [-0.15, -0.1) is 0 Å². The van der Waals surface area contributed by atoms with Crippen LogP contribution in [0.2, 0.25) is 0 Å². The van der Waals surface area contributed by atoms with Crippen LogP contribution in [0.5, 0.6) is 0 Å². The molecule has 168 valence electrons. The van der Waals surface area contributed by atoms with Crippen LogP contribution in [0, 0.1) is 17.6 Å². The van der Waals surface area contributed by atoms with Crippen LogP contribution in [0.1, 0.15) is 25.7 Å². The molecule has 6 nitrogen and oxygen atoms in total. The van der Waals surface area contributed by atoms with Gasteiger partial charge in [-0.1, -0.05) is 0 Å². The number of methoxy groups -OCH3 is 1. The molecule has 1 aromatic rings. The summed E-state index contributed by atoms with van der Waals surface area (Å²) in [5.74, 6) is -0.222. The van der Waals surface area contributed by atoms with Crippen molar-refractivity contribution in [1.29, 1.82) is 0 Å². The maximum atomic E-state index is 13.5. The summed E-state index contributed by atoms with van der Waals surface area (Å²) < 4.78 is 37.7. The number of hydrogen-bond donors (Lipinski definition) is 1. The maximum absolute atomic E-state index is 13.5. The van der Waals surface area contributed by atoms with Crippen molar-refractivity contribution in [2.24, 2.45) is 10.9 Å². The van der Waals surface area contributed by atoms with E-state index in [2.05, 4.69) is 20.1 Å². The van der Waals surface area contributed by atoms with E-state index in [1.54, 1.807) is 13.2 Å². The van der Waals surface area contributed by atoms with Crippen molar-refractivity contribution in [2.45, 2.75) is 31.8 Å². The number of ether oxygens (including phenoxy) is 2. The Morgan fingerprint density at radius 2 is 1.93 bits per heavy atom. The molecule has 1 unspecified atom stereocenters. The predicted octanol–water partition coefficient (Wildman–Crippen LogP) is 2.88. The summed E-state index contributed by atoms with van der Waals surface area (Å²) in [5.41, 5.74) is 0.744. The standard InChI is InChI=1S/C22H34F2N4O2/c1-25-22(27-10-7-19(8-11-27)30-13-3-12-29-2)26-15-17-6-9-28(16-17)18-4-5-20(23)21(24)14-18/h4-5,14,17,19H,3,6-13,15-16H2,1-2H3,(H,25,26). The van der Waals surface area contributed by atoms with Gasteiger partial charge in [0.1, 0.15) is 0 Å². The summed E-state index contributed by atoms with van der Waals surface area (Å²) in [6.45, 7) is 5.85. The molecule has 0 aromatic heterocycles. The van der Waals surface area contributed by atoms with Gasteiger partial charge in [-0.05, 0) is 43.7 Å². The summed E-state index contributed by atoms with van der Waals surface area (Å²) in [4.78, 5) is 8.86. The normalized spacial score (nSPS) is 20.8. The van der Waals surface area contributed by atoms with Gasteiger partial charge in [0.15, 0.2) is 17.6 Å². The van der Waals surface area contributed by atoms with Gasteiger partial charge < -0.3 is 24.6 Å². The van der Waals surface area contributed by atoms with Gasteiger partial charge in [-0.25, -0.2) is 8.78 Å². The van der Waals surface area contributed by atoms with E-state index in [4.69, 9.17) is 9.47 Å². The van der Waals surface area contributed by atoms with Gasteiger partial charge in [0.25, 0.3) is 0 Å². The monoisotopic (exact) mass is 424 g/mol. The molecule has 2 fully saturated rings. The second-order valence-corrected chi connectivity index (χ2v) is 8.03. The molecular weight excluding hydrogens is 390 g/mol. The molecule has 1 atom stereocenters. The number of halogens is 2. The smallest absolute Gasteiger partial charge is 0.193 e. The lowest BCUT2D eigenvalue weighted by molar-refractivity contribution is 0.00989. The highest BCUT2D eigenvalue weighted by Crippen LogP contribution is 2.25. The van der Waals surface area contributed by atoms with E-state index in [1.807, 2.05) is 7.05 Å². The first-order valence-corrected chi connectivity index (χ1v) is 10.9. The average molecular weight is 425 g/mol. The molecule has 1 N–H and O–H groups in total. The summed E-state index contributed by atoms with van der Waals surface area (Å²) in [5, 5.41) is 3.51. The lowest BCUT2D eigenvalue weighted by atomic mass is 10.1. The van der Waals surface area contributed by atoms with E-state index >= 15 is 0 Å². The number of benzene rings is 1. The Bertz CT molecular complexity index is 696. The number of nitrogens with one attached hydrogen (secondary N) is 1. The Hall–Kier alpha value is -1.93. The molecule has 2 aliphatic rings. The second kappa shape index (κ2) is 11.5. The van der Waals surface area contributed by atoms with Crippen molar-refractivity contribution in [3.8, 4) is 0 Å². The minimum atomic E-state index is -0.802. The third-order valence-electron chi connectivity index (χ3n) is 5.90. The third kappa shape index (κ3) is 6.28. The zero-order valence-corrected chi connectivity index (χ0v) is 18.1. The van der Waals surface area contributed by atoms with E-state index in [9.17, 15) is 8.78 Å². The first-order valence-electron chi connectivity index (χ1n) is 10.9. The molecule has 0 aliphatic carbocycles. The second-order valence-electron chi connectivity index (χ2n) is 8.03. The Kier molecular flexibility index (Phi) is 8.69. The maximum Gasteiger partial charge on any atom is 0.193 e. The van der Waals surface area contributed by atoms with Crippen LogP contribution in [-0.2, 0) is 9.47 Å². The van der Waals surface area contributed by atoms with Gasteiger partial charge in [0.2, 0.25) is 0 Å². The molecule has 2 aliphatic heterocycles. The van der Waals surface area contributed by atoms with Gasteiger partial charge >= 0.3 is 0 Å². The molecule has 0 spiro atoms. The number of anilines is 1. The Morgan fingerprint density at radius 1 is 1.13 bits per heavy atom. The highest BCUT2D eigenvalue weighted by Gasteiger charge is 2.26. The molecule has 30 heavy (non-hydrogen) atoms. The quantitative estimate of drug-likeness (QED) is 0.395. The molecule has 0 amide bonds. The van der Waals surface area contributed by atoms with Crippen LogP contribution >= 0.6 is 0 Å². The summed E-state index contributed by atoms with van der Waals surface area (Å²) in [6.07, 6.45) is 4.27. The summed E-state index contributed by atoms with van der Waals surface area (Å²) >= 11 is 0. The largest absolute Gasteiger partial charge is 0.385 e. The van der Waals surface area contributed by atoms with Crippen LogP contribution in [0.4, 0.5) is 14.5 Å². The molecule has 1 aromatic carbocycles. The summed E-state index contributed by atoms with van der Waals surface area (Å²) in [6, 6.07) is 4.13. The highest BCUT2D eigenvalue weighted by molar-refractivity contribution is 5.80. The van der Waals surface area contributed by atoms with E-state index in [-0.39, 0.29) is 0 Å². The zero-order chi connectivity index (χ0) is 21.3. The average Bonchev–Trinajstić information content (AvgIpc) is 3.23. The first kappa shape index (κ1) is 22.7. The molecule has 0 radical (unpaired) electrons. The van der Waals surface area contributed by atoms with Crippen LogP contribution in [-0.4, -0.2) is 77.1 Å². The number of piperidine rings is 1. The number of rotatable bonds is 8. The fourth-order valence-electron chi connectivity index (χ4n) is 4.17. The van der Waals surface area contributed by atoms with Crippen LogP contribution < -0.4 is 10.2 Å². The SMILES string of the molecule is CN=C(NCC1CCN(c2ccc(F)c(F)c2)C1)N1CCC(OCCCOC)CC1. The van der Waals surface area contributed by atoms with Crippen molar-refractivity contribution in [1.82, 2.24) is 10.2 Å². The predicted molar refractivity (Wildman–Crippen MR) is 115 cm³/mol. The number of aliphatic imine (C=N–C) groups is 1. The van der Waals surface area contributed by atoms with Gasteiger partial charge in [-0.3, -0.25) is 4.99 Å². The van der Waals surface area contributed by atoms with Gasteiger partial charge in [0, 0.05) is 71.8 Å². The highest BCUT2D eigenvalue weighted by atomic mass is 19.2. The number of guanidine groups is 1. The lowest BCUT2D eigenvalue weighted by Gasteiger charge is -2.34. The van der Waals surface area contributed by atoms with E-state index < -0.39 is 11.6 Å². The Morgan fingerprint density at radius 3 is 2.63 bits per heavy atom. The van der Waals surface area contributed by atoms with Crippen LogP contribution in [0.3, 0.4) is 0 Å². The van der Waals surface area contributed by atoms with E-state index in [0.717, 1.165) is 83.3 Å². The first-order chi connectivity index (χ1) is 14.6. The lowest BCUT2D eigenvalue weighted by Crippen LogP contribution is -2.48. The van der Waals surface area contributed by atoms with Gasteiger partial charge in [-0.2, -0.15) is 0 Å². The molecular formula is C22H34F2N4O2. The molecule has 0 bridgehead atoms. The molecule has 8 heteroatoms. The van der Waals surface area contributed by atoms with Crippen LogP contribution in [0.25, 0.3) is 0 Å². The summed E-state index contributed by atoms with van der Waals surface area (Å²) in [7, 11) is 3.53. The van der Waals surface area contributed by atoms with Gasteiger partial charge in [0.05, 0.1) is 6.10 Å². The Balaban J connectivity index is 1.39. The fraction of sp³-hybridized carbons (Fsp3) is 0.682. The molecule has 0 saturated carbocycles. The zero-order valence-electron chi connectivity index (χ0n) is 18.1. The minimum Gasteiger partial charge on any atom is -0.385 e. The van der Waals surface area contributed by atoms with Crippen molar-refractivity contribution in [3.05, 3.63) is 29.8 Å². The van der Waals surface area contributed by atoms with Crippen molar-refractivity contribution in [2.75, 3.05) is 65.0 Å². The Labute approximate surface area is 178 Å². The number of hydrogen-bond acceptors (Lipinski definition) is 4. The van der Waals surface area contributed by atoms with E-state index in [0.29, 0.717) is 12.0 Å². The number of nitrogens with zero attached hydrogens (tertiary/aromatic N) is 3.